The number of pyridine rings is 1. The Bertz CT molecular complexity index is 557. The molecule has 1 unspecified atom stereocenters. The number of hydrogen-bond donors (Lipinski definition) is 2. The van der Waals surface area contributed by atoms with Gasteiger partial charge in [-0.3, -0.25) is 9.78 Å². The number of nitrogens with zero attached hydrogens (tertiary/aromatic N) is 2. The van der Waals surface area contributed by atoms with Crippen molar-refractivity contribution in [1.82, 2.24) is 4.98 Å². The molecule has 1 saturated heterocycles. The second-order valence-electron chi connectivity index (χ2n) is 5.15. The van der Waals surface area contributed by atoms with Gasteiger partial charge in [0.05, 0.1) is 16.9 Å². The van der Waals surface area contributed by atoms with Crippen molar-refractivity contribution in [3.8, 4) is 0 Å². The Morgan fingerprint density at radius 3 is 2.70 bits per heavy atom. The van der Waals surface area contributed by atoms with Gasteiger partial charge in [-0.2, -0.15) is 0 Å². The molecule has 0 aliphatic carbocycles. The van der Waals surface area contributed by atoms with Crippen LogP contribution in [0.3, 0.4) is 0 Å². The first-order valence-corrected chi connectivity index (χ1v) is 6.69. The van der Waals surface area contributed by atoms with Gasteiger partial charge in [0.2, 0.25) is 0 Å². The number of aromatic nitrogens is 1. The molecule has 108 valence electrons. The van der Waals surface area contributed by atoms with Crippen molar-refractivity contribution >= 4 is 17.6 Å². The fourth-order valence-corrected chi connectivity index (χ4v) is 2.82. The maximum atomic E-state index is 11.7. The molecule has 0 spiro atoms. The molecule has 1 fully saturated rings. The number of carbonyl (C=O) groups excluding carboxylic acids is 1. The molecule has 1 aliphatic heterocycles. The van der Waals surface area contributed by atoms with Crippen LogP contribution < -0.4 is 10.6 Å². The van der Waals surface area contributed by atoms with E-state index in [1.54, 1.807) is 17.9 Å². The summed E-state index contributed by atoms with van der Waals surface area (Å²) in [6.45, 7) is 4.15. The summed E-state index contributed by atoms with van der Waals surface area (Å²) in [7, 11) is 0. The lowest BCUT2D eigenvalue weighted by Crippen LogP contribution is -2.45. The first-order chi connectivity index (χ1) is 9.41. The van der Waals surface area contributed by atoms with E-state index in [4.69, 9.17) is 5.73 Å². The summed E-state index contributed by atoms with van der Waals surface area (Å²) in [5.74, 6) is -1.44. The number of carboxylic acid groups (broad SMARTS) is 1. The molecule has 2 heterocycles. The van der Waals surface area contributed by atoms with Crippen LogP contribution in [0.15, 0.2) is 6.07 Å². The zero-order chi connectivity index (χ0) is 14.9. The summed E-state index contributed by atoms with van der Waals surface area (Å²) in [4.78, 5) is 29.1. The van der Waals surface area contributed by atoms with Crippen LogP contribution in [0.5, 0.6) is 0 Å². The average molecular weight is 277 g/mol. The monoisotopic (exact) mass is 277 g/mol. The molecule has 3 N–H and O–H groups in total. The molecular weight excluding hydrogens is 258 g/mol. The highest BCUT2D eigenvalue weighted by Gasteiger charge is 2.31. The molecule has 0 bridgehead atoms. The molecule has 6 heteroatoms. The Balaban J connectivity index is 2.54. The van der Waals surface area contributed by atoms with Crippen molar-refractivity contribution < 1.29 is 14.7 Å². The minimum Gasteiger partial charge on any atom is -0.480 e. The number of primary amides is 1. The van der Waals surface area contributed by atoms with E-state index >= 15 is 0 Å². The Morgan fingerprint density at radius 1 is 1.40 bits per heavy atom. The molecule has 1 amide bonds. The maximum absolute atomic E-state index is 11.7. The van der Waals surface area contributed by atoms with Crippen LogP contribution in [0.1, 0.15) is 41.0 Å². The highest BCUT2D eigenvalue weighted by atomic mass is 16.4. The fraction of sp³-hybridized carbons (Fsp3) is 0.500. The van der Waals surface area contributed by atoms with Crippen LogP contribution in [0.25, 0.3) is 0 Å². The number of nitrogens with two attached hydrogens (primary N) is 1. The second-order valence-corrected chi connectivity index (χ2v) is 5.15. The smallest absolute Gasteiger partial charge is 0.326 e. The number of carboxylic acids is 1. The summed E-state index contributed by atoms with van der Waals surface area (Å²) in [6, 6.07) is 1.14. The van der Waals surface area contributed by atoms with Crippen molar-refractivity contribution in [2.24, 2.45) is 5.73 Å². The highest BCUT2D eigenvalue weighted by Crippen LogP contribution is 2.30. The number of aliphatic carboxylic acids is 1. The van der Waals surface area contributed by atoms with Crippen LogP contribution in [0.4, 0.5) is 5.69 Å². The second kappa shape index (κ2) is 5.48. The van der Waals surface area contributed by atoms with Crippen molar-refractivity contribution in [1.29, 1.82) is 0 Å². The molecule has 0 radical (unpaired) electrons. The molecule has 0 aromatic carbocycles. The number of amides is 1. The molecule has 1 aromatic rings. The highest BCUT2D eigenvalue weighted by molar-refractivity contribution is 6.00. The van der Waals surface area contributed by atoms with Crippen LogP contribution in [-0.4, -0.2) is 34.6 Å². The van der Waals surface area contributed by atoms with Crippen LogP contribution in [-0.2, 0) is 4.79 Å². The first-order valence-electron chi connectivity index (χ1n) is 6.69. The zero-order valence-electron chi connectivity index (χ0n) is 11.7. The number of rotatable bonds is 3. The molecule has 2 rings (SSSR count). The van der Waals surface area contributed by atoms with Gasteiger partial charge in [0.1, 0.15) is 6.04 Å². The van der Waals surface area contributed by atoms with Gasteiger partial charge in [0, 0.05) is 12.2 Å². The van der Waals surface area contributed by atoms with E-state index in [-0.39, 0.29) is 0 Å². The topological polar surface area (TPSA) is 96.5 Å². The van der Waals surface area contributed by atoms with Gasteiger partial charge < -0.3 is 15.7 Å². The average Bonchev–Trinajstić information content (AvgIpc) is 2.37. The third kappa shape index (κ3) is 2.59. The van der Waals surface area contributed by atoms with E-state index in [1.807, 2.05) is 6.92 Å². The standard InChI is InChI=1S/C14H19N3O3/c1-8-7-11(12(13(15)18)9(2)16-8)17-6-4-3-5-10(17)14(19)20/h7,10H,3-6H2,1-2H3,(H2,15,18)(H,19,20). The Kier molecular flexibility index (Phi) is 3.92. The number of carbonyl (C=O) groups is 2. The normalized spacial score (nSPS) is 18.9. The van der Waals surface area contributed by atoms with Gasteiger partial charge in [-0.05, 0) is 39.2 Å². The van der Waals surface area contributed by atoms with E-state index in [0.717, 1.165) is 18.5 Å². The molecule has 0 saturated carbocycles. The largest absolute Gasteiger partial charge is 0.480 e. The lowest BCUT2D eigenvalue weighted by atomic mass is 9.99. The minimum atomic E-state index is -0.868. The zero-order valence-corrected chi connectivity index (χ0v) is 11.7. The summed E-state index contributed by atoms with van der Waals surface area (Å²) in [5, 5.41) is 9.36. The van der Waals surface area contributed by atoms with Gasteiger partial charge in [0.15, 0.2) is 0 Å². The number of piperidine rings is 1. The lowest BCUT2D eigenvalue weighted by Gasteiger charge is -2.36. The molecule has 1 aliphatic rings. The number of aryl methyl sites for hydroxylation is 2. The van der Waals surface area contributed by atoms with Crippen LogP contribution >= 0.6 is 0 Å². The molecule has 1 aromatic heterocycles. The minimum absolute atomic E-state index is 0.323. The summed E-state index contributed by atoms with van der Waals surface area (Å²) >= 11 is 0. The van der Waals surface area contributed by atoms with Crippen molar-refractivity contribution in [3.05, 3.63) is 23.0 Å². The van der Waals surface area contributed by atoms with Crippen molar-refractivity contribution in [3.63, 3.8) is 0 Å². The molecule has 1 atom stereocenters. The molecule has 6 nitrogen and oxygen atoms in total. The van der Waals surface area contributed by atoms with Crippen molar-refractivity contribution in [2.75, 3.05) is 11.4 Å². The van der Waals surface area contributed by atoms with Gasteiger partial charge >= 0.3 is 5.97 Å². The Morgan fingerprint density at radius 2 is 2.10 bits per heavy atom. The van der Waals surface area contributed by atoms with E-state index in [2.05, 4.69) is 4.98 Å². The molecule has 20 heavy (non-hydrogen) atoms. The lowest BCUT2D eigenvalue weighted by molar-refractivity contribution is -0.139. The predicted molar refractivity (Wildman–Crippen MR) is 74.8 cm³/mol. The van der Waals surface area contributed by atoms with Crippen LogP contribution in [0, 0.1) is 13.8 Å². The van der Waals surface area contributed by atoms with E-state index < -0.39 is 17.9 Å². The molecular formula is C14H19N3O3. The number of anilines is 1. The van der Waals surface area contributed by atoms with Gasteiger partial charge in [0.25, 0.3) is 5.91 Å². The quantitative estimate of drug-likeness (QED) is 0.866. The summed E-state index contributed by atoms with van der Waals surface area (Å²) < 4.78 is 0. The SMILES string of the molecule is Cc1cc(N2CCCCC2C(=O)O)c(C(N)=O)c(C)n1. The van der Waals surface area contributed by atoms with E-state index in [9.17, 15) is 14.7 Å². The predicted octanol–water partition coefficient (Wildman–Crippen LogP) is 1.24. The number of hydrogen-bond acceptors (Lipinski definition) is 4. The Hall–Kier alpha value is -2.11. The fourth-order valence-electron chi connectivity index (χ4n) is 2.82. The van der Waals surface area contributed by atoms with Gasteiger partial charge in [-0.1, -0.05) is 0 Å². The third-order valence-electron chi connectivity index (χ3n) is 3.65. The maximum Gasteiger partial charge on any atom is 0.326 e. The van der Waals surface area contributed by atoms with Gasteiger partial charge in [-0.25, -0.2) is 4.79 Å². The van der Waals surface area contributed by atoms with Gasteiger partial charge in [-0.15, -0.1) is 0 Å². The van der Waals surface area contributed by atoms with Crippen molar-refractivity contribution in [2.45, 2.75) is 39.2 Å². The third-order valence-corrected chi connectivity index (χ3v) is 3.65. The van der Waals surface area contributed by atoms with E-state index in [0.29, 0.717) is 29.9 Å². The Labute approximate surface area is 117 Å². The summed E-state index contributed by atoms with van der Waals surface area (Å²) in [5.41, 5.74) is 7.65. The first kappa shape index (κ1) is 14.3. The van der Waals surface area contributed by atoms with Crippen LogP contribution in [0.2, 0.25) is 0 Å². The van der Waals surface area contributed by atoms with E-state index in [1.165, 1.54) is 0 Å². The summed E-state index contributed by atoms with van der Waals surface area (Å²) in [6.07, 6.45) is 2.36.